The van der Waals surface area contributed by atoms with Crippen molar-refractivity contribution in [1.82, 2.24) is 9.88 Å². The fourth-order valence-electron chi connectivity index (χ4n) is 3.77. The van der Waals surface area contributed by atoms with Crippen LogP contribution >= 0.6 is 0 Å². The van der Waals surface area contributed by atoms with Crippen LogP contribution in [0.3, 0.4) is 0 Å². The molecule has 1 unspecified atom stereocenters. The Hall–Kier alpha value is -4.25. The maximum Gasteiger partial charge on any atom is 0.332 e. The summed E-state index contributed by atoms with van der Waals surface area (Å²) in [6, 6.07) is 12.8. The fourth-order valence-corrected chi connectivity index (χ4v) is 3.77. The maximum absolute atomic E-state index is 14.9. The molecule has 1 aliphatic heterocycles. The van der Waals surface area contributed by atoms with E-state index in [2.05, 4.69) is 16.8 Å². The molecular weight excluding hydrogens is 428 g/mol. The predicted octanol–water partition coefficient (Wildman–Crippen LogP) is 3.76. The zero-order chi connectivity index (χ0) is 23.8. The number of halogens is 2. The molecule has 0 spiro atoms. The number of aromatic nitrogens is 1. The number of rotatable bonds is 2. The third-order valence-electron chi connectivity index (χ3n) is 5.73. The molecule has 1 atom stereocenters. The van der Waals surface area contributed by atoms with Gasteiger partial charge in [0, 0.05) is 30.4 Å². The van der Waals surface area contributed by atoms with Crippen LogP contribution in [0.2, 0.25) is 0 Å². The Bertz CT molecular complexity index is 1350. The molecule has 2 aromatic carbocycles. The molecule has 1 fully saturated rings. The van der Waals surface area contributed by atoms with Gasteiger partial charge >= 0.3 is 6.03 Å². The van der Waals surface area contributed by atoms with Crippen LogP contribution < -0.4 is 10.5 Å². The molecule has 0 aliphatic carbocycles. The van der Waals surface area contributed by atoms with Gasteiger partial charge in [-0.3, -0.25) is 9.59 Å². The third-order valence-corrected chi connectivity index (χ3v) is 5.73. The lowest BCUT2D eigenvalue weighted by atomic mass is 9.85. The van der Waals surface area contributed by atoms with E-state index in [9.17, 15) is 23.2 Å². The van der Waals surface area contributed by atoms with Crippen LogP contribution in [0.4, 0.5) is 19.3 Å². The van der Waals surface area contributed by atoms with Gasteiger partial charge in [-0.05, 0) is 42.8 Å². The number of nitrogens with zero attached hydrogens (tertiary/aromatic N) is 2. The molecule has 0 saturated carbocycles. The minimum absolute atomic E-state index is 0.0659. The summed E-state index contributed by atoms with van der Waals surface area (Å²) in [7, 11) is 1.42. The van der Waals surface area contributed by atoms with E-state index in [-0.39, 0.29) is 12.0 Å². The van der Waals surface area contributed by atoms with E-state index in [1.54, 1.807) is 37.3 Å². The minimum Gasteiger partial charge on any atom is -0.329 e. The van der Waals surface area contributed by atoms with Crippen molar-refractivity contribution < 1.29 is 18.4 Å². The van der Waals surface area contributed by atoms with Crippen molar-refractivity contribution in [2.45, 2.75) is 18.9 Å². The van der Waals surface area contributed by atoms with E-state index < -0.39 is 40.4 Å². The molecule has 6 nitrogen and oxygen atoms in total. The van der Waals surface area contributed by atoms with Gasteiger partial charge in [0.1, 0.15) is 5.69 Å². The molecule has 1 saturated heterocycles. The lowest BCUT2D eigenvalue weighted by molar-refractivity contribution is -0.122. The average molecular weight is 447 g/mol. The van der Waals surface area contributed by atoms with E-state index in [1.807, 2.05) is 6.07 Å². The highest BCUT2D eigenvalue weighted by Gasteiger charge is 2.47. The third kappa shape index (κ3) is 4.01. The van der Waals surface area contributed by atoms with Crippen molar-refractivity contribution in [2.24, 2.45) is 0 Å². The topological polar surface area (TPSA) is 73.5 Å². The number of amides is 3. The van der Waals surface area contributed by atoms with E-state index in [0.29, 0.717) is 16.0 Å². The largest absolute Gasteiger partial charge is 0.332 e. The highest BCUT2D eigenvalue weighted by atomic mass is 19.1. The number of benzene rings is 2. The van der Waals surface area contributed by atoms with Crippen LogP contribution in [-0.4, -0.2) is 28.9 Å². The van der Waals surface area contributed by atoms with Gasteiger partial charge < -0.3 is 9.88 Å². The molecule has 0 radical (unpaired) electrons. The first-order valence-corrected chi connectivity index (χ1v) is 10.1. The van der Waals surface area contributed by atoms with Crippen molar-refractivity contribution in [3.8, 4) is 11.8 Å². The van der Waals surface area contributed by atoms with E-state index in [0.717, 1.165) is 12.1 Å². The summed E-state index contributed by atoms with van der Waals surface area (Å²) in [6.07, 6.45) is 1.14. The van der Waals surface area contributed by atoms with Crippen LogP contribution in [0.15, 0.2) is 65.6 Å². The molecule has 1 aliphatic rings. The average Bonchev–Trinajstić information content (AvgIpc) is 2.78. The first-order valence-electron chi connectivity index (χ1n) is 10.1. The highest BCUT2D eigenvalue weighted by molar-refractivity contribution is 6.16. The number of H-pyrrole nitrogens is 1. The number of carbonyl (C=O) groups excluding carboxylic acids is 2. The maximum atomic E-state index is 14.9. The molecular formula is C25H19F2N3O3. The minimum atomic E-state index is -1.16. The Labute approximate surface area is 188 Å². The first-order chi connectivity index (χ1) is 15.7. The second-order valence-corrected chi connectivity index (χ2v) is 7.87. The molecule has 8 heteroatoms. The zero-order valence-corrected chi connectivity index (χ0v) is 17.9. The summed E-state index contributed by atoms with van der Waals surface area (Å²) in [5.41, 5.74) is -1.14. The van der Waals surface area contributed by atoms with Gasteiger partial charge in [-0.1, -0.05) is 30.0 Å². The second kappa shape index (κ2) is 8.36. The van der Waals surface area contributed by atoms with Gasteiger partial charge in [0.05, 0.1) is 12.0 Å². The van der Waals surface area contributed by atoms with Gasteiger partial charge in [-0.25, -0.2) is 18.5 Å². The Morgan fingerprint density at radius 1 is 0.939 bits per heavy atom. The van der Waals surface area contributed by atoms with Crippen molar-refractivity contribution in [2.75, 3.05) is 11.9 Å². The number of hydrogen-bond acceptors (Lipinski definition) is 3. The normalized spacial score (nSPS) is 18.2. The number of nitrogens with one attached hydrogen (secondary N) is 1. The molecule has 1 N–H and O–H groups in total. The molecule has 4 rings (SSSR count). The molecule has 3 amide bonds. The van der Waals surface area contributed by atoms with Crippen LogP contribution in [0.5, 0.6) is 0 Å². The second-order valence-electron chi connectivity index (χ2n) is 7.87. The number of pyridine rings is 1. The SMILES string of the molecule is CN1C(=O)N(c2c(F)cc(C#Cc3ccccc3)cc2F)C(=O)CC1(C)c1cc[nH]c(=O)c1. The monoisotopic (exact) mass is 447 g/mol. The summed E-state index contributed by atoms with van der Waals surface area (Å²) in [6.45, 7) is 1.61. The van der Waals surface area contributed by atoms with Crippen molar-refractivity contribution in [3.63, 3.8) is 0 Å². The number of anilines is 1. The Balaban J connectivity index is 1.69. The Kier molecular flexibility index (Phi) is 5.56. The quantitative estimate of drug-likeness (QED) is 0.608. The van der Waals surface area contributed by atoms with Crippen molar-refractivity contribution in [3.05, 3.63) is 99.5 Å². The summed E-state index contributed by atoms with van der Waals surface area (Å²) >= 11 is 0. The van der Waals surface area contributed by atoms with Crippen molar-refractivity contribution >= 4 is 17.6 Å². The van der Waals surface area contributed by atoms with Gasteiger partial charge in [0.2, 0.25) is 11.5 Å². The summed E-state index contributed by atoms with van der Waals surface area (Å²) < 4.78 is 29.9. The van der Waals surface area contributed by atoms with Crippen molar-refractivity contribution in [1.29, 1.82) is 0 Å². The van der Waals surface area contributed by atoms with Crippen LogP contribution in [0, 0.1) is 23.5 Å². The van der Waals surface area contributed by atoms with Crippen LogP contribution in [-0.2, 0) is 10.3 Å². The number of hydrogen-bond donors (Lipinski definition) is 1. The molecule has 0 bridgehead atoms. The Morgan fingerprint density at radius 2 is 1.58 bits per heavy atom. The predicted molar refractivity (Wildman–Crippen MR) is 118 cm³/mol. The number of urea groups is 1. The molecule has 3 aromatic rings. The lowest BCUT2D eigenvalue weighted by Crippen LogP contribution is -2.60. The van der Waals surface area contributed by atoms with Gasteiger partial charge in [-0.15, -0.1) is 0 Å². The highest BCUT2D eigenvalue weighted by Crippen LogP contribution is 2.38. The van der Waals surface area contributed by atoms with E-state index >= 15 is 0 Å². The number of aromatic amines is 1. The van der Waals surface area contributed by atoms with Crippen LogP contribution in [0.25, 0.3) is 0 Å². The molecule has 33 heavy (non-hydrogen) atoms. The smallest absolute Gasteiger partial charge is 0.329 e. The van der Waals surface area contributed by atoms with Crippen LogP contribution in [0.1, 0.15) is 30.0 Å². The lowest BCUT2D eigenvalue weighted by Gasteiger charge is -2.45. The van der Waals surface area contributed by atoms with Gasteiger partial charge in [-0.2, -0.15) is 0 Å². The standard InChI is InChI=1S/C25H19F2N3O3/c1-25(18-10-11-28-21(31)14-18)15-22(32)30(24(33)29(25)2)23-19(26)12-17(13-20(23)27)9-8-16-6-4-3-5-7-16/h3-7,10-14H,15H2,1-2H3,(H,28,31). The van der Waals surface area contributed by atoms with Gasteiger partial charge in [0.15, 0.2) is 11.6 Å². The number of imide groups is 1. The zero-order valence-electron chi connectivity index (χ0n) is 17.9. The first kappa shape index (κ1) is 22.0. The number of carbonyl (C=O) groups is 2. The molecule has 166 valence electrons. The fraction of sp³-hybridized carbons (Fsp3) is 0.160. The molecule has 2 heterocycles. The van der Waals surface area contributed by atoms with Gasteiger partial charge in [0.25, 0.3) is 0 Å². The molecule has 1 aromatic heterocycles. The van der Waals surface area contributed by atoms with E-state index in [4.69, 9.17) is 0 Å². The summed E-state index contributed by atoms with van der Waals surface area (Å²) in [4.78, 5) is 42.0. The summed E-state index contributed by atoms with van der Waals surface area (Å²) in [5, 5.41) is 0. The Morgan fingerprint density at radius 3 is 2.21 bits per heavy atom. The van der Waals surface area contributed by atoms with E-state index in [1.165, 1.54) is 24.2 Å². The summed E-state index contributed by atoms with van der Waals surface area (Å²) in [5.74, 6) is 2.54.